The Morgan fingerprint density at radius 3 is 2.07 bits per heavy atom. The van der Waals surface area contributed by atoms with Gasteiger partial charge in [0.1, 0.15) is 6.10 Å². The van der Waals surface area contributed by atoms with Gasteiger partial charge in [0.15, 0.2) is 0 Å². The Balaban J connectivity index is 3.13. The third kappa shape index (κ3) is 3.03. The second kappa shape index (κ2) is 5.43. The minimum Gasteiger partial charge on any atom is -0.389 e. The Hall–Kier alpha value is 0.100. The summed E-state index contributed by atoms with van der Waals surface area (Å²) in [5.74, 6) is 0. The number of aryl methyl sites for hydroxylation is 2. The molecule has 1 aromatic rings. The second-order valence-electron chi connectivity index (χ2n) is 3.62. The lowest BCUT2D eigenvalue weighted by Crippen LogP contribution is -2.21. The molecule has 0 aromatic heterocycles. The molecule has 0 heterocycles. The Labute approximate surface area is 107 Å². The zero-order valence-corrected chi connectivity index (χ0v) is 11.8. The summed E-state index contributed by atoms with van der Waals surface area (Å²) in [6, 6.07) is 3.87. The number of hydrogen-bond donors (Lipinski definition) is 2. The first-order valence-electron chi connectivity index (χ1n) is 4.66. The predicted molar refractivity (Wildman–Crippen MR) is 68.4 cm³/mol. The number of aliphatic hydroxyl groups excluding tert-OH is 2. The van der Waals surface area contributed by atoms with Crippen molar-refractivity contribution in [1.82, 2.24) is 0 Å². The molecule has 2 nitrogen and oxygen atoms in total. The first kappa shape index (κ1) is 13.2. The van der Waals surface area contributed by atoms with Crippen LogP contribution < -0.4 is 0 Å². The van der Waals surface area contributed by atoms with Crippen molar-refractivity contribution in [2.75, 3.05) is 5.33 Å². The zero-order chi connectivity index (χ0) is 11.6. The van der Waals surface area contributed by atoms with E-state index in [1.807, 2.05) is 26.0 Å². The van der Waals surface area contributed by atoms with Crippen LogP contribution in [0.25, 0.3) is 0 Å². The largest absolute Gasteiger partial charge is 0.389 e. The Morgan fingerprint density at radius 2 is 1.67 bits per heavy atom. The Kier molecular flexibility index (Phi) is 4.77. The van der Waals surface area contributed by atoms with E-state index in [1.165, 1.54) is 0 Å². The molecule has 0 saturated heterocycles. The van der Waals surface area contributed by atoms with Crippen LogP contribution in [0.5, 0.6) is 0 Å². The standard InChI is InChI=1S/C11H14Br2O2/c1-6-3-8(13)4-7(2)10(6)11(15)9(14)5-12/h3-4,9,11,14-15H,5H2,1-2H3. The molecule has 2 N–H and O–H groups in total. The van der Waals surface area contributed by atoms with Crippen LogP contribution in [0.15, 0.2) is 16.6 Å². The molecular formula is C11H14Br2O2. The molecule has 2 unspecified atom stereocenters. The lowest BCUT2D eigenvalue weighted by molar-refractivity contribution is 0.0334. The van der Waals surface area contributed by atoms with Crippen molar-refractivity contribution in [2.24, 2.45) is 0 Å². The van der Waals surface area contributed by atoms with Crippen molar-refractivity contribution < 1.29 is 10.2 Å². The fraction of sp³-hybridized carbons (Fsp3) is 0.455. The van der Waals surface area contributed by atoms with Gasteiger partial charge >= 0.3 is 0 Å². The fourth-order valence-corrected chi connectivity index (χ4v) is 2.71. The van der Waals surface area contributed by atoms with E-state index in [0.29, 0.717) is 5.33 Å². The normalized spacial score (nSPS) is 15.1. The third-order valence-electron chi connectivity index (χ3n) is 2.38. The predicted octanol–water partition coefficient (Wildman–Crippen LogP) is 2.86. The minimum absolute atomic E-state index is 0.364. The average molecular weight is 338 g/mol. The summed E-state index contributed by atoms with van der Waals surface area (Å²) in [5, 5.41) is 19.9. The molecule has 2 atom stereocenters. The highest BCUT2D eigenvalue weighted by atomic mass is 79.9. The first-order valence-corrected chi connectivity index (χ1v) is 6.57. The van der Waals surface area contributed by atoms with Gasteiger partial charge in [0.25, 0.3) is 0 Å². The Bertz CT molecular complexity index is 329. The molecule has 4 heteroatoms. The molecule has 1 aromatic carbocycles. The molecule has 0 radical (unpaired) electrons. The Morgan fingerprint density at radius 1 is 1.20 bits per heavy atom. The summed E-state index contributed by atoms with van der Waals surface area (Å²) in [7, 11) is 0. The second-order valence-corrected chi connectivity index (χ2v) is 5.18. The molecule has 0 aliphatic carbocycles. The van der Waals surface area contributed by atoms with E-state index in [4.69, 9.17) is 0 Å². The van der Waals surface area contributed by atoms with E-state index in [2.05, 4.69) is 31.9 Å². The quantitative estimate of drug-likeness (QED) is 0.833. The minimum atomic E-state index is -0.836. The molecule has 0 spiro atoms. The van der Waals surface area contributed by atoms with Crippen LogP contribution in [-0.2, 0) is 0 Å². The van der Waals surface area contributed by atoms with Crippen LogP contribution in [0.3, 0.4) is 0 Å². The number of halogens is 2. The van der Waals surface area contributed by atoms with Gasteiger partial charge in [-0.05, 0) is 42.7 Å². The molecule has 0 amide bonds. The van der Waals surface area contributed by atoms with Crippen LogP contribution in [0.2, 0.25) is 0 Å². The number of hydrogen-bond acceptors (Lipinski definition) is 2. The number of aliphatic hydroxyl groups is 2. The lowest BCUT2D eigenvalue weighted by Gasteiger charge is -2.20. The average Bonchev–Trinajstić information content (AvgIpc) is 2.14. The maximum atomic E-state index is 9.95. The van der Waals surface area contributed by atoms with E-state index >= 15 is 0 Å². The van der Waals surface area contributed by atoms with Crippen molar-refractivity contribution in [2.45, 2.75) is 26.1 Å². The van der Waals surface area contributed by atoms with Gasteiger partial charge in [-0.2, -0.15) is 0 Å². The van der Waals surface area contributed by atoms with Crippen molar-refractivity contribution >= 4 is 31.9 Å². The van der Waals surface area contributed by atoms with Crippen LogP contribution in [-0.4, -0.2) is 21.6 Å². The number of alkyl halides is 1. The van der Waals surface area contributed by atoms with Crippen molar-refractivity contribution in [3.63, 3.8) is 0 Å². The van der Waals surface area contributed by atoms with Crippen LogP contribution in [0.4, 0.5) is 0 Å². The van der Waals surface area contributed by atoms with Crippen molar-refractivity contribution in [1.29, 1.82) is 0 Å². The summed E-state index contributed by atoms with van der Waals surface area (Å²) in [4.78, 5) is 0. The van der Waals surface area contributed by atoms with Gasteiger partial charge in [0.2, 0.25) is 0 Å². The zero-order valence-electron chi connectivity index (χ0n) is 8.67. The topological polar surface area (TPSA) is 40.5 Å². The molecular weight excluding hydrogens is 324 g/mol. The van der Waals surface area contributed by atoms with E-state index in [-0.39, 0.29) is 0 Å². The smallest absolute Gasteiger partial charge is 0.106 e. The van der Waals surface area contributed by atoms with Gasteiger partial charge in [0, 0.05) is 9.80 Å². The van der Waals surface area contributed by atoms with Gasteiger partial charge in [0.05, 0.1) is 6.10 Å². The molecule has 1 rings (SSSR count). The van der Waals surface area contributed by atoms with Gasteiger partial charge in [-0.15, -0.1) is 0 Å². The molecule has 0 aliphatic heterocycles. The van der Waals surface area contributed by atoms with Crippen LogP contribution in [0.1, 0.15) is 22.8 Å². The summed E-state index contributed by atoms with van der Waals surface area (Å²) >= 11 is 6.55. The van der Waals surface area contributed by atoms with Gasteiger partial charge < -0.3 is 10.2 Å². The summed E-state index contributed by atoms with van der Waals surface area (Å²) in [5.41, 5.74) is 2.77. The van der Waals surface area contributed by atoms with E-state index in [9.17, 15) is 10.2 Å². The molecule has 0 fully saturated rings. The third-order valence-corrected chi connectivity index (χ3v) is 3.50. The maximum Gasteiger partial charge on any atom is 0.106 e. The summed E-state index contributed by atoms with van der Waals surface area (Å²) in [6.45, 7) is 3.86. The highest BCUT2D eigenvalue weighted by Gasteiger charge is 2.20. The molecule has 0 aliphatic rings. The SMILES string of the molecule is Cc1cc(Br)cc(C)c1C(O)C(O)CBr. The lowest BCUT2D eigenvalue weighted by atomic mass is 9.95. The van der Waals surface area contributed by atoms with Gasteiger partial charge in [-0.25, -0.2) is 0 Å². The van der Waals surface area contributed by atoms with E-state index in [1.54, 1.807) is 0 Å². The van der Waals surface area contributed by atoms with Gasteiger partial charge in [-0.3, -0.25) is 0 Å². The molecule has 15 heavy (non-hydrogen) atoms. The van der Waals surface area contributed by atoms with E-state index < -0.39 is 12.2 Å². The van der Waals surface area contributed by atoms with Crippen LogP contribution >= 0.6 is 31.9 Å². The highest BCUT2D eigenvalue weighted by molar-refractivity contribution is 9.10. The molecule has 0 saturated carbocycles. The van der Waals surface area contributed by atoms with Gasteiger partial charge in [-0.1, -0.05) is 31.9 Å². The van der Waals surface area contributed by atoms with Crippen LogP contribution in [0, 0.1) is 13.8 Å². The molecule has 0 bridgehead atoms. The molecule has 84 valence electrons. The fourth-order valence-electron chi connectivity index (χ4n) is 1.67. The maximum absolute atomic E-state index is 9.95. The summed E-state index contributed by atoms with van der Waals surface area (Å²) < 4.78 is 0.988. The first-order chi connectivity index (χ1) is 6.97. The number of benzene rings is 1. The number of rotatable bonds is 3. The van der Waals surface area contributed by atoms with E-state index in [0.717, 1.165) is 21.2 Å². The summed E-state index contributed by atoms with van der Waals surface area (Å²) in [6.07, 6.45) is -1.61. The van der Waals surface area contributed by atoms with Crippen molar-refractivity contribution in [3.8, 4) is 0 Å². The van der Waals surface area contributed by atoms with Crippen molar-refractivity contribution in [3.05, 3.63) is 33.3 Å². The highest BCUT2D eigenvalue weighted by Crippen LogP contribution is 2.28. The monoisotopic (exact) mass is 336 g/mol.